The zero-order valence-corrected chi connectivity index (χ0v) is 15.0. The number of carbonyl (C=O) groups excluding carboxylic acids is 1. The minimum absolute atomic E-state index is 0.127. The summed E-state index contributed by atoms with van der Waals surface area (Å²) in [6.07, 6.45) is 1.67. The van der Waals surface area contributed by atoms with Crippen molar-refractivity contribution in [3.63, 3.8) is 0 Å². The summed E-state index contributed by atoms with van der Waals surface area (Å²) in [5, 5.41) is 1.40. The van der Waals surface area contributed by atoms with E-state index in [9.17, 15) is 4.79 Å². The van der Waals surface area contributed by atoms with Crippen LogP contribution in [0.4, 0.5) is 4.39 Å². The molecule has 140 valence electrons. The number of aryl methyl sites for hydroxylation is 1. The minimum Gasteiger partial charge on any atom is -0.381 e. The molecule has 0 unspecified atom stereocenters. The highest BCUT2D eigenvalue weighted by molar-refractivity contribution is 6.12. The van der Waals surface area contributed by atoms with Gasteiger partial charge in [0.1, 0.15) is 5.82 Å². The Morgan fingerprint density at radius 2 is 1.93 bits per heavy atom. The summed E-state index contributed by atoms with van der Waals surface area (Å²) >= 11 is 0. The predicted octanol–water partition coefficient (Wildman–Crippen LogP) is 3.01. The van der Waals surface area contributed by atoms with Crippen LogP contribution in [0.25, 0.3) is 21.8 Å². The average Bonchev–Trinajstić information content (AvgIpc) is 2.98. The molecule has 27 heavy (non-hydrogen) atoms. The Morgan fingerprint density at radius 1 is 1.19 bits per heavy atom. The first kappa shape index (κ1) is 17.5. The second-order valence-corrected chi connectivity index (χ2v) is 6.88. The quantitative estimate of drug-likeness (QED) is 0.537. The third kappa shape index (κ3) is 2.94. The Balaban J connectivity index is 2.05. The van der Waals surface area contributed by atoms with E-state index in [1.807, 2.05) is 25.1 Å². The highest BCUT2D eigenvalue weighted by atomic mass is 19.1. The van der Waals surface area contributed by atoms with E-state index in [0.29, 0.717) is 24.1 Å². The first-order valence-corrected chi connectivity index (χ1v) is 8.92. The smallest absolute Gasteiger partial charge is 0.280 e. The monoisotopic (exact) mass is 368 g/mol. The molecule has 6 nitrogen and oxygen atoms in total. The first-order chi connectivity index (χ1) is 13.0. The second kappa shape index (κ2) is 6.66. The highest BCUT2D eigenvalue weighted by Gasteiger charge is 2.24. The number of halogens is 1. The van der Waals surface area contributed by atoms with Gasteiger partial charge in [-0.3, -0.25) is 4.79 Å². The van der Waals surface area contributed by atoms with Crippen molar-refractivity contribution in [3.05, 3.63) is 47.3 Å². The largest absolute Gasteiger partial charge is 0.381 e. The van der Waals surface area contributed by atoms with Crippen LogP contribution in [0.15, 0.2) is 35.3 Å². The van der Waals surface area contributed by atoms with Crippen molar-refractivity contribution in [2.45, 2.75) is 25.8 Å². The molecule has 0 spiro atoms. The molecule has 2 heterocycles. The molecular formula is C20H21FN4O2. The van der Waals surface area contributed by atoms with E-state index in [2.05, 4.69) is 9.56 Å². The molecule has 0 aliphatic carbocycles. The number of fused-ring (bicyclic) bond motifs is 3. The maximum absolute atomic E-state index is 15.1. The highest BCUT2D eigenvalue weighted by Crippen LogP contribution is 2.38. The summed E-state index contributed by atoms with van der Waals surface area (Å²) in [6.45, 7) is 3.29. The standard InChI is InChI=1S/C20H21FN4O2/c1-11-3-2-4-15-17(11)18-14(21)9-12(19(26)24-20(22)23)10-16(18)25(15)13-5-7-27-8-6-13/h2-4,9-10,13H,5-8H2,1H3,(H4,22,23,24,26). The van der Waals surface area contributed by atoms with Gasteiger partial charge in [-0.05, 0) is 43.5 Å². The molecule has 1 aromatic heterocycles. The molecule has 3 aromatic rings. The first-order valence-electron chi connectivity index (χ1n) is 8.92. The number of aromatic nitrogens is 1. The van der Waals surface area contributed by atoms with Crippen molar-refractivity contribution < 1.29 is 13.9 Å². The van der Waals surface area contributed by atoms with Gasteiger partial charge >= 0.3 is 0 Å². The Kier molecular flexibility index (Phi) is 4.31. The van der Waals surface area contributed by atoms with E-state index in [1.165, 1.54) is 6.07 Å². The van der Waals surface area contributed by atoms with Crippen molar-refractivity contribution in [2.75, 3.05) is 13.2 Å². The molecule has 1 fully saturated rings. The van der Waals surface area contributed by atoms with Gasteiger partial charge in [-0.2, -0.15) is 4.99 Å². The van der Waals surface area contributed by atoms with E-state index < -0.39 is 11.7 Å². The molecule has 0 radical (unpaired) electrons. The summed E-state index contributed by atoms with van der Waals surface area (Å²) in [6, 6.07) is 8.99. The minimum atomic E-state index is -0.656. The molecule has 0 bridgehead atoms. The van der Waals surface area contributed by atoms with Crippen LogP contribution in [-0.4, -0.2) is 29.6 Å². The number of nitrogens with two attached hydrogens (primary N) is 2. The number of benzene rings is 2. The molecule has 1 saturated heterocycles. The number of rotatable bonds is 2. The van der Waals surface area contributed by atoms with Crippen LogP contribution in [0.2, 0.25) is 0 Å². The van der Waals surface area contributed by atoms with E-state index in [1.54, 1.807) is 6.07 Å². The van der Waals surface area contributed by atoms with Gasteiger partial charge in [0.15, 0.2) is 5.96 Å². The Bertz CT molecular complexity index is 1080. The number of guanidine groups is 1. The van der Waals surface area contributed by atoms with E-state index in [0.717, 1.165) is 29.3 Å². The molecule has 0 atom stereocenters. The zero-order valence-electron chi connectivity index (χ0n) is 15.0. The molecule has 1 aliphatic rings. The third-order valence-corrected chi connectivity index (χ3v) is 5.12. The van der Waals surface area contributed by atoms with E-state index in [4.69, 9.17) is 16.2 Å². The normalized spacial score (nSPS) is 15.3. The lowest BCUT2D eigenvalue weighted by atomic mass is 10.1. The third-order valence-electron chi connectivity index (χ3n) is 5.12. The fourth-order valence-electron chi connectivity index (χ4n) is 3.98. The van der Waals surface area contributed by atoms with Crippen molar-refractivity contribution in [1.29, 1.82) is 0 Å². The van der Waals surface area contributed by atoms with Crippen LogP contribution in [0.3, 0.4) is 0 Å². The zero-order chi connectivity index (χ0) is 19.1. The number of nitrogens with zero attached hydrogens (tertiary/aromatic N) is 2. The van der Waals surface area contributed by atoms with Gasteiger partial charge in [0.05, 0.1) is 5.52 Å². The average molecular weight is 368 g/mol. The second-order valence-electron chi connectivity index (χ2n) is 6.88. The summed E-state index contributed by atoms with van der Waals surface area (Å²) < 4.78 is 22.8. The van der Waals surface area contributed by atoms with Crippen LogP contribution >= 0.6 is 0 Å². The number of aliphatic imine (C=N–C) groups is 1. The van der Waals surface area contributed by atoms with Crippen LogP contribution in [-0.2, 0) is 4.74 Å². The van der Waals surface area contributed by atoms with Crippen molar-refractivity contribution in [3.8, 4) is 0 Å². The molecule has 0 saturated carbocycles. The van der Waals surface area contributed by atoms with Gasteiger partial charge in [-0.15, -0.1) is 0 Å². The lowest BCUT2D eigenvalue weighted by Gasteiger charge is -2.25. The van der Waals surface area contributed by atoms with E-state index in [-0.39, 0.29) is 17.6 Å². The summed E-state index contributed by atoms with van der Waals surface area (Å²) in [5.74, 6) is -1.45. The Labute approximate surface area is 155 Å². The summed E-state index contributed by atoms with van der Waals surface area (Å²) in [5.41, 5.74) is 13.4. The number of carbonyl (C=O) groups is 1. The van der Waals surface area contributed by atoms with Gasteiger partial charge < -0.3 is 20.8 Å². The summed E-state index contributed by atoms with van der Waals surface area (Å²) in [7, 11) is 0. The van der Waals surface area contributed by atoms with Gasteiger partial charge in [0.25, 0.3) is 5.91 Å². The van der Waals surface area contributed by atoms with Crippen molar-refractivity contribution in [1.82, 2.24) is 4.57 Å². The Hall–Kier alpha value is -2.93. The van der Waals surface area contributed by atoms with Gasteiger partial charge in [-0.25, -0.2) is 4.39 Å². The molecule has 2 aromatic carbocycles. The lowest BCUT2D eigenvalue weighted by molar-refractivity contribution is 0.0717. The maximum Gasteiger partial charge on any atom is 0.280 e. The van der Waals surface area contributed by atoms with Gasteiger partial charge in [0, 0.05) is 41.1 Å². The van der Waals surface area contributed by atoms with Gasteiger partial charge in [-0.1, -0.05) is 12.1 Å². The van der Waals surface area contributed by atoms with Crippen LogP contribution in [0.1, 0.15) is 34.8 Å². The summed E-state index contributed by atoms with van der Waals surface area (Å²) in [4.78, 5) is 15.8. The molecular weight excluding hydrogens is 347 g/mol. The fourth-order valence-corrected chi connectivity index (χ4v) is 3.98. The van der Waals surface area contributed by atoms with Crippen LogP contribution in [0.5, 0.6) is 0 Å². The molecule has 4 N–H and O–H groups in total. The molecule has 1 amide bonds. The number of hydrogen-bond acceptors (Lipinski definition) is 2. The van der Waals surface area contributed by atoms with Crippen molar-refractivity contribution in [2.24, 2.45) is 16.5 Å². The number of hydrogen-bond donors (Lipinski definition) is 2. The number of ether oxygens (including phenoxy) is 1. The van der Waals surface area contributed by atoms with Crippen LogP contribution < -0.4 is 11.5 Å². The maximum atomic E-state index is 15.1. The lowest BCUT2D eigenvalue weighted by Crippen LogP contribution is -2.24. The topological polar surface area (TPSA) is 95.6 Å². The fraction of sp³-hybridized carbons (Fsp3) is 0.300. The molecule has 7 heteroatoms. The van der Waals surface area contributed by atoms with Gasteiger partial charge in [0.2, 0.25) is 0 Å². The SMILES string of the molecule is Cc1cccc2c1c1c(F)cc(C(=O)N=C(N)N)cc1n2C1CCOCC1. The van der Waals surface area contributed by atoms with E-state index >= 15 is 4.39 Å². The number of amides is 1. The predicted molar refractivity (Wildman–Crippen MR) is 103 cm³/mol. The Morgan fingerprint density at radius 3 is 2.63 bits per heavy atom. The molecule has 1 aliphatic heterocycles. The molecule has 4 rings (SSSR count). The van der Waals surface area contributed by atoms with Crippen molar-refractivity contribution >= 4 is 33.7 Å². The van der Waals surface area contributed by atoms with Crippen LogP contribution in [0, 0.1) is 12.7 Å².